The predicted octanol–water partition coefficient (Wildman–Crippen LogP) is 3.58. The number of anilines is 2. The average Bonchev–Trinajstić information content (AvgIpc) is 2.61. The van der Waals surface area contributed by atoms with Crippen LogP contribution in [-0.4, -0.2) is 30.0 Å². The number of carbonyl (C=O) groups excluding carboxylic acids is 2. The summed E-state index contributed by atoms with van der Waals surface area (Å²) in [5.74, 6) is 0.329. The molecule has 0 aliphatic rings. The Bertz CT molecular complexity index is 744. The molecule has 6 heteroatoms. The van der Waals surface area contributed by atoms with E-state index in [1.165, 1.54) is 0 Å². The van der Waals surface area contributed by atoms with Gasteiger partial charge in [0.25, 0.3) is 5.91 Å². The summed E-state index contributed by atoms with van der Waals surface area (Å²) >= 11 is 0. The third-order valence-corrected chi connectivity index (χ3v) is 3.38. The van der Waals surface area contributed by atoms with Crippen LogP contribution < -0.4 is 10.6 Å². The van der Waals surface area contributed by atoms with Gasteiger partial charge in [-0.25, -0.2) is 9.78 Å². The number of esters is 1. The standard InChI is InChI=1S/C19H23N3O3/c1-4-25-19(24)15-7-5-6-8-16(15)22-18(23)14-9-10-20-17(11-14)21-12-13(2)3/h5-11,13H,4,12H2,1-3H3,(H,20,21)(H,22,23). The zero-order valence-corrected chi connectivity index (χ0v) is 14.7. The van der Waals surface area contributed by atoms with Gasteiger partial charge >= 0.3 is 5.97 Å². The summed E-state index contributed by atoms with van der Waals surface area (Å²) in [5.41, 5.74) is 1.20. The number of aromatic nitrogens is 1. The number of ether oxygens (including phenoxy) is 1. The number of pyridine rings is 1. The van der Waals surface area contributed by atoms with Crippen molar-refractivity contribution >= 4 is 23.4 Å². The predicted molar refractivity (Wildman–Crippen MR) is 97.9 cm³/mol. The van der Waals surface area contributed by atoms with Crippen LogP contribution in [0.2, 0.25) is 0 Å². The second-order valence-corrected chi connectivity index (χ2v) is 5.92. The van der Waals surface area contributed by atoms with E-state index in [1.807, 2.05) is 0 Å². The van der Waals surface area contributed by atoms with E-state index in [-0.39, 0.29) is 12.5 Å². The van der Waals surface area contributed by atoms with Crippen molar-refractivity contribution in [2.75, 3.05) is 23.8 Å². The first-order valence-corrected chi connectivity index (χ1v) is 8.28. The van der Waals surface area contributed by atoms with Crippen LogP contribution in [0.1, 0.15) is 41.5 Å². The van der Waals surface area contributed by atoms with Crippen LogP contribution in [0.25, 0.3) is 0 Å². The van der Waals surface area contributed by atoms with Gasteiger partial charge in [0, 0.05) is 18.3 Å². The average molecular weight is 341 g/mol. The minimum atomic E-state index is -0.465. The largest absolute Gasteiger partial charge is 0.462 e. The van der Waals surface area contributed by atoms with E-state index in [0.29, 0.717) is 28.6 Å². The van der Waals surface area contributed by atoms with Crippen molar-refractivity contribution in [1.82, 2.24) is 4.98 Å². The fourth-order valence-corrected chi connectivity index (χ4v) is 2.15. The quantitative estimate of drug-likeness (QED) is 0.753. The Hall–Kier alpha value is -2.89. The number of rotatable bonds is 7. The van der Waals surface area contributed by atoms with Gasteiger partial charge in [-0.3, -0.25) is 4.79 Å². The third-order valence-electron chi connectivity index (χ3n) is 3.38. The Kier molecular flexibility index (Phi) is 6.51. The fourth-order valence-electron chi connectivity index (χ4n) is 2.15. The number of carbonyl (C=O) groups is 2. The van der Waals surface area contributed by atoms with E-state index in [2.05, 4.69) is 29.5 Å². The van der Waals surface area contributed by atoms with Gasteiger partial charge in [-0.2, -0.15) is 0 Å². The van der Waals surface area contributed by atoms with E-state index in [4.69, 9.17) is 4.74 Å². The van der Waals surface area contributed by atoms with Crippen LogP contribution in [0.5, 0.6) is 0 Å². The molecule has 6 nitrogen and oxygen atoms in total. The molecular weight excluding hydrogens is 318 g/mol. The Morgan fingerprint density at radius 3 is 2.68 bits per heavy atom. The third kappa shape index (κ3) is 5.31. The molecule has 0 spiro atoms. The van der Waals surface area contributed by atoms with Crippen LogP contribution in [0, 0.1) is 5.92 Å². The number of para-hydroxylation sites is 1. The Balaban J connectivity index is 2.15. The summed E-state index contributed by atoms with van der Waals surface area (Å²) in [5, 5.41) is 5.95. The molecule has 0 saturated heterocycles. The topological polar surface area (TPSA) is 80.3 Å². The molecule has 1 aromatic carbocycles. The maximum atomic E-state index is 12.5. The molecule has 0 aliphatic carbocycles. The first-order valence-electron chi connectivity index (χ1n) is 8.28. The van der Waals surface area contributed by atoms with Crippen LogP contribution in [0.15, 0.2) is 42.6 Å². The Morgan fingerprint density at radius 2 is 1.96 bits per heavy atom. The van der Waals surface area contributed by atoms with Gasteiger partial charge in [0.1, 0.15) is 5.82 Å². The SMILES string of the molecule is CCOC(=O)c1ccccc1NC(=O)c1ccnc(NCC(C)C)c1. The first kappa shape index (κ1) is 18.4. The minimum Gasteiger partial charge on any atom is -0.462 e. The Labute approximate surface area is 147 Å². The molecule has 25 heavy (non-hydrogen) atoms. The maximum absolute atomic E-state index is 12.5. The number of nitrogens with zero attached hydrogens (tertiary/aromatic N) is 1. The van der Waals surface area contributed by atoms with Crippen molar-refractivity contribution in [1.29, 1.82) is 0 Å². The summed E-state index contributed by atoms with van der Waals surface area (Å²) in [6.07, 6.45) is 1.58. The molecule has 0 aliphatic heterocycles. The molecule has 0 unspecified atom stereocenters. The number of amides is 1. The molecule has 1 heterocycles. The molecule has 0 fully saturated rings. The van der Waals surface area contributed by atoms with Crippen molar-refractivity contribution in [3.05, 3.63) is 53.7 Å². The molecule has 0 saturated carbocycles. The monoisotopic (exact) mass is 341 g/mol. The van der Waals surface area contributed by atoms with E-state index < -0.39 is 5.97 Å². The van der Waals surface area contributed by atoms with Gasteiger partial charge in [-0.05, 0) is 37.1 Å². The van der Waals surface area contributed by atoms with Crippen molar-refractivity contribution in [3.63, 3.8) is 0 Å². The molecule has 2 rings (SSSR count). The van der Waals surface area contributed by atoms with E-state index in [9.17, 15) is 9.59 Å². The molecule has 132 valence electrons. The van der Waals surface area contributed by atoms with Gasteiger partial charge in [-0.1, -0.05) is 26.0 Å². The van der Waals surface area contributed by atoms with Crippen molar-refractivity contribution in [3.8, 4) is 0 Å². The summed E-state index contributed by atoms with van der Waals surface area (Å²) in [6.45, 7) is 6.97. The molecule has 2 N–H and O–H groups in total. The number of nitrogens with one attached hydrogen (secondary N) is 2. The fraction of sp³-hybridized carbons (Fsp3) is 0.316. The van der Waals surface area contributed by atoms with Gasteiger partial charge in [0.2, 0.25) is 0 Å². The van der Waals surface area contributed by atoms with E-state index in [0.717, 1.165) is 6.54 Å². The molecule has 2 aromatic rings. The minimum absolute atomic E-state index is 0.274. The van der Waals surface area contributed by atoms with E-state index >= 15 is 0 Å². The molecule has 0 radical (unpaired) electrons. The zero-order chi connectivity index (χ0) is 18.2. The first-order chi connectivity index (χ1) is 12.0. The van der Waals surface area contributed by atoms with Crippen LogP contribution >= 0.6 is 0 Å². The molecule has 1 amide bonds. The second-order valence-electron chi connectivity index (χ2n) is 5.92. The summed E-state index contributed by atoms with van der Waals surface area (Å²) in [4.78, 5) is 28.7. The lowest BCUT2D eigenvalue weighted by Gasteiger charge is -2.12. The lowest BCUT2D eigenvalue weighted by molar-refractivity contribution is 0.0527. The van der Waals surface area contributed by atoms with Gasteiger partial charge in [-0.15, -0.1) is 0 Å². The van der Waals surface area contributed by atoms with Crippen LogP contribution in [0.3, 0.4) is 0 Å². The molecule has 1 aromatic heterocycles. The van der Waals surface area contributed by atoms with Crippen molar-refractivity contribution in [2.24, 2.45) is 5.92 Å². The van der Waals surface area contributed by atoms with Crippen LogP contribution in [-0.2, 0) is 4.74 Å². The normalized spacial score (nSPS) is 10.4. The van der Waals surface area contributed by atoms with Gasteiger partial charge in [0.15, 0.2) is 0 Å². The summed E-state index contributed by atoms with van der Waals surface area (Å²) in [7, 11) is 0. The summed E-state index contributed by atoms with van der Waals surface area (Å²) in [6, 6.07) is 10.1. The molecular formula is C19H23N3O3. The second kappa shape index (κ2) is 8.82. The number of hydrogen-bond acceptors (Lipinski definition) is 5. The van der Waals surface area contributed by atoms with Crippen LogP contribution in [0.4, 0.5) is 11.5 Å². The van der Waals surface area contributed by atoms with Gasteiger partial charge < -0.3 is 15.4 Å². The Morgan fingerprint density at radius 1 is 1.20 bits per heavy atom. The van der Waals surface area contributed by atoms with E-state index in [1.54, 1.807) is 49.5 Å². The maximum Gasteiger partial charge on any atom is 0.340 e. The number of hydrogen-bond donors (Lipinski definition) is 2. The highest BCUT2D eigenvalue weighted by Gasteiger charge is 2.15. The molecule has 0 atom stereocenters. The summed E-state index contributed by atoms with van der Waals surface area (Å²) < 4.78 is 5.02. The number of benzene rings is 1. The molecule has 0 bridgehead atoms. The highest BCUT2D eigenvalue weighted by atomic mass is 16.5. The lowest BCUT2D eigenvalue weighted by atomic mass is 10.1. The van der Waals surface area contributed by atoms with Crippen molar-refractivity contribution < 1.29 is 14.3 Å². The zero-order valence-electron chi connectivity index (χ0n) is 14.7. The highest BCUT2D eigenvalue weighted by Crippen LogP contribution is 2.18. The van der Waals surface area contributed by atoms with Gasteiger partial charge in [0.05, 0.1) is 17.9 Å². The smallest absolute Gasteiger partial charge is 0.340 e. The highest BCUT2D eigenvalue weighted by molar-refractivity contribution is 6.08. The van der Waals surface area contributed by atoms with Crippen molar-refractivity contribution in [2.45, 2.75) is 20.8 Å². The lowest BCUT2D eigenvalue weighted by Crippen LogP contribution is -2.16.